The molecule has 6 heteroatoms. The maximum atomic E-state index is 8.55. The molecule has 116 valence electrons. The number of aromatic nitrogens is 1. The predicted octanol–water partition coefficient (Wildman–Crippen LogP) is 4.47. The molecule has 2 aromatic heterocycles. The fourth-order valence-electron chi connectivity index (χ4n) is 2.31. The van der Waals surface area contributed by atoms with Crippen molar-refractivity contribution in [3.63, 3.8) is 0 Å². The zero-order valence-corrected chi connectivity index (χ0v) is 13.9. The largest absolute Gasteiger partial charge is 0.497 e. The molecular weight excluding hydrogens is 330 g/mol. The molecule has 0 saturated heterocycles. The molecule has 0 spiro atoms. The van der Waals surface area contributed by atoms with Crippen LogP contribution in [0, 0.1) is 5.41 Å². The monoisotopic (exact) mass is 343 g/mol. The van der Waals surface area contributed by atoms with Gasteiger partial charge in [0, 0.05) is 22.2 Å². The molecule has 0 aliphatic carbocycles. The van der Waals surface area contributed by atoms with E-state index in [-0.39, 0.29) is 0 Å². The van der Waals surface area contributed by atoms with Gasteiger partial charge in [-0.2, -0.15) is 0 Å². The fourth-order valence-corrected chi connectivity index (χ4v) is 3.38. The quantitative estimate of drug-likeness (QED) is 0.686. The average molecular weight is 344 g/mol. The molecule has 0 fully saturated rings. The minimum atomic E-state index is 0.317. The van der Waals surface area contributed by atoms with Gasteiger partial charge in [0.05, 0.1) is 22.7 Å². The van der Waals surface area contributed by atoms with Crippen molar-refractivity contribution < 1.29 is 4.74 Å². The molecule has 1 aromatic carbocycles. The molecule has 3 rings (SSSR count). The first-order valence-corrected chi connectivity index (χ1v) is 8.03. The lowest BCUT2D eigenvalue weighted by Crippen LogP contribution is -2.09. The van der Waals surface area contributed by atoms with Gasteiger partial charge in [0.15, 0.2) is 0 Å². The van der Waals surface area contributed by atoms with Gasteiger partial charge in [0.25, 0.3) is 0 Å². The number of nitrogens with two attached hydrogens (primary N) is 1. The maximum Gasteiger partial charge on any atom is 0.133 e. The van der Waals surface area contributed by atoms with Crippen LogP contribution in [0.5, 0.6) is 5.75 Å². The topological polar surface area (TPSA) is 72.0 Å². The van der Waals surface area contributed by atoms with Crippen LogP contribution in [0.25, 0.3) is 10.4 Å². The van der Waals surface area contributed by atoms with Gasteiger partial charge in [-0.05, 0) is 42.5 Å². The molecule has 23 heavy (non-hydrogen) atoms. The Morgan fingerprint density at radius 1 is 1.17 bits per heavy atom. The van der Waals surface area contributed by atoms with Crippen LogP contribution in [0.2, 0.25) is 4.34 Å². The molecule has 3 N–H and O–H groups in total. The first-order valence-electron chi connectivity index (χ1n) is 6.83. The van der Waals surface area contributed by atoms with Gasteiger partial charge in [-0.3, -0.25) is 5.41 Å². The number of methoxy groups -OCH3 is 1. The molecule has 3 aromatic rings. The van der Waals surface area contributed by atoms with E-state index >= 15 is 0 Å². The maximum absolute atomic E-state index is 8.55. The van der Waals surface area contributed by atoms with E-state index in [4.69, 9.17) is 27.5 Å². The number of nitrogens with one attached hydrogen (secondary N) is 1. The van der Waals surface area contributed by atoms with Crippen molar-refractivity contribution in [1.82, 2.24) is 4.98 Å². The van der Waals surface area contributed by atoms with Crippen LogP contribution in [0.15, 0.2) is 48.7 Å². The molecule has 0 bridgehead atoms. The molecule has 0 atom stereocenters. The van der Waals surface area contributed by atoms with E-state index in [2.05, 4.69) is 4.98 Å². The molecule has 0 aliphatic heterocycles. The van der Waals surface area contributed by atoms with Crippen LogP contribution >= 0.6 is 22.9 Å². The number of nitrogen functional groups attached to an aromatic ring is 1. The number of ether oxygens (including phenoxy) is 1. The summed E-state index contributed by atoms with van der Waals surface area (Å²) < 4.78 is 5.85. The second-order valence-corrected chi connectivity index (χ2v) is 6.54. The lowest BCUT2D eigenvalue weighted by molar-refractivity contribution is 0.415. The number of halogens is 1. The SMILES string of the molecule is COc1ccc(C(=N)c2c(-c3ccc(Cl)s3)ccnc2N)cc1. The highest BCUT2D eigenvalue weighted by Crippen LogP contribution is 2.35. The van der Waals surface area contributed by atoms with Crippen molar-refractivity contribution in [1.29, 1.82) is 5.41 Å². The van der Waals surface area contributed by atoms with Crippen molar-refractivity contribution in [2.75, 3.05) is 12.8 Å². The zero-order valence-electron chi connectivity index (χ0n) is 12.3. The Kier molecular flexibility index (Phi) is 4.32. The fraction of sp³-hybridized carbons (Fsp3) is 0.0588. The van der Waals surface area contributed by atoms with E-state index in [0.717, 1.165) is 21.8 Å². The van der Waals surface area contributed by atoms with E-state index in [1.807, 2.05) is 42.5 Å². The molecule has 0 saturated carbocycles. The van der Waals surface area contributed by atoms with Crippen LogP contribution < -0.4 is 10.5 Å². The van der Waals surface area contributed by atoms with E-state index in [9.17, 15) is 0 Å². The van der Waals surface area contributed by atoms with Gasteiger partial charge in [-0.1, -0.05) is 11.6 Å². The second kappa shape index (κ2) is 6.40. The Bertz CT molecular complexity index is 859. The number of pyridine rings is 1. The highest BCUT2D eigenvalue weighted by Gasteiger charge is 2.17. The van der Waals surface area contributed by atoms with Gasteiger partial charge in [0.1, 0.15) is 11.6 Å². The van der Waals surface area contributed by atoms with Crippen LogP contribution in [-0.4, -0.2) is 17.8 Å². The smallest absolute Gasteiger partial charge is 0.133 e. The van der Waals surface area contributed by atoms with Crippen molar-refractivity contribution in [2.24, 2.45) is 0 Å². The summed E-state index contributed by atoms with van der Waals surface area (Å²) in [5.41, 5.74) is 8.58. The van der Waals surface area contributed by atoms with E-state index < -0.39 is 0 Å². The lowest BCUT2D eigenvalue weighted by Gasteiger charge is -2.12. The van der Waals surface area contributed by atoms with Crippen LogP contribution in [-0.2, 0) is 0 Å². The summed E-state index contributed by atoms with van der Waals surface area (Å²) >= 11 is 7.48. The standard InChI is InChI=1S/C17H14ClN3OS/c1-22-11-4-2-10(3-5-11)16(19)15-12(8-9-21-17(15)20)13-6-7-14(18)23-13/h2-9,19H,1H3,(H2,20,21). The summed E-state index contributed by atoms with van der Waals surface area (Å²) in [7, 11) is 1.61. The van der Waals surface area contributed by atoms with Crippen LogP contribution in [0.4, 0.5) is 5.82 Å². The third-order valence-electron chi connectivity index (χ3n) is 3.45. The third-order valence-corrected chi connectivity index (χ3v) is 4.71. The highest BCUT2D eigenvalue weighted by molar-refractivity contribution is 7.19. The van der Waals surface area contributed by atoms with Crippen LogP contribution in [0.1, 0.15) is 11.1 Å². The number of anilines is 1. The summed E-state index contributed by atoms with van der Waals surface area (Å²) in [6.07, 6.45) is 1.64. The number of nitrogens with zero attached hydrogens (tertiary/aromatic N) is 1. The van der Waals surface area contributed by atoms with Gasteiger partial charge in [0.2, 0.25) is 0 Å². The summed E-state index contributed by atoms with van der Waals surface area (Å²) in [5, 5.41) is 8.55. The Morgan fingerprint density at radius 3 is 2.52 bits per heavy atom. The zero-order chi connectivity index (χ0) is 16.4. The Balaban J connectivity index is 2.09. The normalized spacial score (nSPS) is 10.5. The van der Waals surface area contributed by atoms with Crippen molar-refractivity contribution >= 4 is 34.5 Å². The van der Waals surface area contributed by atoms with Gasteiger partial charge < -0.3 is 10.5 Å². The van der Waals surface area contributed by atoms with Gasteiger partial charge in [-0.15, -0.1) is 11.3 Å². The van der Waals surface area contributed by atoms with Crippen molar-refractivity contribution in [3.8, 4) is 16.2 Å². The minimum absolute atomic E-state index is 0.317. The first kappa shape index (κ1) is 15.5. The molecular formula is C17H14ClN3OS. The molecule has 4 nitrogen and oxygen atoms in total. The van der Waals surface area contributed by atoms with Gasteiger partial charge in [-0.25, -0.2) is 4.98 Å². The minimum Gasteiger partial charge on any atom is -0.497 e. The van der Waals surface area contributed by atoms with E-state index in [1.54, 1.807) is 13.3 Å². The molecule has 0 aliphatic rings. The molecule has 0 amide bonds. The Hall–Kier alpha value is -2.37. The summed E-state index contributed by atoms with van der Waals surface area (Å²) in [5.74, 6) is 1.07. The lowest BCUT2D eigenvalue weighted by atomic mass is 9.97. The summed E-state index contributed by atoms with van der Waals surface area (Å²) in [4.78, 5) is 5.09. The highest BCUT2D eigenvalue weighted by atomic mass is 35.5. The Morgan fingerprint density at radius 2 is 1.91 bits per heavy atom. The predicted molar refractivity (Wildman–Crippen MR) is 95.9 cm³/mol. The summed E-state index contributed by atoms with van der Waals surface area (Å²) in [6.45, 7) is 0. The second-order valence-electron chi connectivity index (χ2n) is 4.83. The first-order chi connectivity index (χ1) is 11.1. The van der Waals surface area contributed by atoms with Crippen LogP contribution in [0.3, 0.4) is 0 Å². The van der Waals surface area contributed by atoms with Crippen molar-refractivity contribution in [2.45, 2.75) is 0 Å². The van der Waals surface area contributed by atoms with Gasteiger partial charge >= 0.3 is 0 Å². The number of benzene rings is 1. The van der Waals surface area contributed by atoms with E-state index in [1.165, 1.54) is 11.3 Å². The number of hydrogen-bond acceptors (Lipinski definition) is 5. The Labute approximate surface area is 143 Å². The molecule has 0 unspecified atom stereocenters. The summed E-state index contributed by atoms with van der Waals surface area (Å²) in [6, 6.07) is 12.9. The van der Waals surface area contributed by atoms with Crippen molar-refractivity contribution in [3.05, 3.63) is 64.1 Å². The molecule has 2 heterocycles. The van der Waals surface area contributed by atoms with E-state index in [0.29, 0.717) is 21.4 Å². The molecule has 0 radical (unpaired) electrons. The number of thiophene rings is 1. The average Bonchev–Trinajstić information content (AvgIpc) is 3.00. The number of rotatable bonds is 4. The number of hydrogen-bond donors (Lipinski definition) is 2. The third kappa shape index (κ3) is 3.06.